The minimum atomic E-state index is -1.43. The van der Waals surface area contributed by atoms with Crippen molar-refractivity contribution in [3.05, 3.63) is 33.7 Å². The van der Waals surface area contributed by atoms with E-state index in [1.807, 2.05) is 17.5 Å². The molecule has 1 fully saturated rings. The SMILES string of the molecule is CO[C@@]1(NC(=O)Cc2cccs2)C(=O)N2C3=C(COC3=O)CS[C@@H]21. The molecule has 2 atom stereocenters. The molecule has 7 nitrogen and oxygen atoms in total. The van der Waals surface area contributed by atoms with Crippen LogP contribution in [0.2, 0.25) is 0 Å². The van der Waals surface area contributed by atoms with Crippen molar-refractivity contribution in [2.45, 2.75) is 17.5 Å². The molecule has 0 saturated carbocycles. The fourth-order valence-electron chi connectivity index (χ4n) is 3.09. The number of rotatable bonds is 4. The molecule has 1 aromatic rings. The predicted octanol–water partition coefficient (Wildman–Crippen LogP) is 0.475. The molecule has 1 N–H and O–H groups in total. The van der Waals surface area contributed by atoms with Gasteiger partial charge in [-0.15, -0.1) is 23.1 Å². The first-order valence-corrected chi connectivity index (χ1v) is 9.22. The van der Waals surface area contributed by atoms with Gasteiger partial charge in [-0.2, -0.15) is 0 Å². The summed E-state index contributed by atoms with van der Waals surface area (Å²) in [4.78, 5) is 39.2. The molecule has 0 aliphatic carbocycles. The van der Waals surface area contributed by atoms with Crippen LogP contribution in [-0.2, 0) is 30.3 Å². The number of ether oxygens (including phenoxy) is 2. The number of thioether (sulfide) groups is 1. The Morgan fingerprint density at radius 1 is 1.54 bits per heavy atom. The number of β-lactam (4-membered cyclic amide) rings is 1. The number of amides is 2. The first kappa shape index (κ1) is 15.7. The zero-order valence-corrected chi connectivity index (χ0v) is 14.4. The van der Waals surface area contributed by atoms with Gasteiger partial charge in [0, 0.05) is 23.3 Å². The number of esters is 1. The third-order valence-electron chi connectivity index (χ3n) is 4.24. The number of cyclic esters (lactones) is 1. The van der Waals surface area contributed by atoms with Crippen molar-refractivity contribution in [3.63, 3.8) is 0 Å². The highest BCUT2D eigenvalue weighted by molar-refractivity contribution is 8.00. The topological polar surface area (TPSA) is 84.9 Å². The van der Waals surface area contributed by atoms with E-state index in [1.54, 1.807) is 0 Å². The zero-order valence-electron chi connectivity index (χ0n) is 12.7. The van der Waals surface area contributed by atoms with E-state index in [1.165, 1.54) is 35.1 Å². The Bertz CT molecular complexity index is 760. The molecule has 0 bridgehead atoms. The number of nitrogens with one attached hydrogen (secondary N) is 1. The van der Waals surface area contributed by atoms with E-state index in [2.05, 4.69) is 5.32 Å². The molecule has 24 heavy (non-hydrogen) atoms. The molecule has 1 aromatic heterocycles. The van der Waals surface area contributed by atoms with Crippen LogP contribution < -0.4 is 5.32 Å². The van der Waals surface area contributed by atoms with E-state index in [9.17, 15) is 14.4 Å². The Kier molecular flexibility index (Phi) is 3.66. The smallest absolute Gasteiger partial charge is 0.355 e. The number of hydrogen-bond donors (Lipinski definition) is 1. The summed E-state index contributed by atoms with van der Waals surface area (Å²) in [7, 11) is 1.39. The lowest BCUT2D eigenvalue weighted by atomic mass is 9.98. The third-order valence-corrected chi connectivity index (χ3v) is 6.49. The Balaban J connectivity index is 1.55. The minimum absolute atomic E-state index is 0.184. The Morgan fingerprint density at radius 3 is 3.08 bits per heavy atom. The molecule has 2 amide bonds. The molecule has 4 rings (SSSR count). The van der Waals surface area contributed by atoms with Crippen molar-refractivity contribution in [2.24, 2.45) is 0 Å². The number of fused-ring (bicyclic) bond motifs is 2. The largest absolute Gasteiger partial charge is 0.456 e. The summed E-state index contributed by atoms with van der Waals surface area (Å²) < 4.78 is 10.4. The van der Waals surface area contributed by atoms with Crippen LogP contribution in [0.4, 0.5) is 0 Å². The summed E-state index contributed by atoms with van der Waals surface area (Å²) in [5.74, 6) is -0.644. The number of carbonyl (C=O) groups excluding carboxylic acids is 3. The van der Waals surface area contributed by atoms with Gasteiger partial charge in [-0.25, -0.2) is 4.79 Å². The molecule has 1 saturated heterocycles. The molecule has 9 heteroatoms. The highest BCUT2D eigenvalue weighted by Crippen LogP contribution is 2.48. The maximum absolute atomic E-state index is 12.7. The average molecular weight is 366 g/mol. The standard InChI is InChI=1S/C15H14N2O5S2/c1-21-15(16-10(18)5-9-3-2-4-23-9)13(20)17-11-8(6-22-12(11)19)7-24-14(15)17/h2-4,14H,5-7H2,1H3,(H,16,18)/t14-,15+/m1/s1. The van der Waals surface area contributed by atoms with E-state index >= 15 is 0 Å². The number of methoxy groups -OCH3 is 1. The third kappa shape index (κ3) is 2.11. The molecule has 3 aliphatic heterocycles. The van der Waals surface area contributed by atoms with Crippen molar-refractivity contribution in [1.29, 1.82) is 0 Å². The van der Waals surface area contributed by atoms with Gasteiger partial charge < -0.3 is 14.8 Å². The normalized spacial score (nSPS) is 28.2. The minimum Gasteiger partial charge on any atom is -0.456 e. The zero-order chi connectivity index (χ0) is 16.9. The van der Waals surface area contributed by atoms with Crippen LogP contribution in [0.15, 0.2) is 28.8 Å². The van der Waals surface area contributed by atoms with E-state index in [0.717, 1.165) is 10.5 Å². The van der Waals surface area contributed by atoms with E-state index in [4.69, 9.17) is 9.47 Å². The van der Waals surface area contributed by atoms with Crippen LogP contribution in [-0.4, -0.2) is 53.3 Å². The first-order chi connectivity index (χ1) is 11.6. The summed E-state index contributed by atoms with van der Waals surface area (Å²) in [6, 6.07) is 3.73. The van der Waals surface area contributed by atoms with Crippen LogP contribution in [0.5, 0.6) is 0 Å². The lowest BCUT2D eigenvalue weighted by Gasteiger charge is -2.55. The lowest BCUT2D eigenvalue weighted by molar-refractivity contribution is -0.192. The Morgan fingerprint density at radius 2 is 2.38 bits per heavy atom. The molecule has 126 valence electrons. The number of nitrogens with zero attached hydrogens (tertiary/aromatic N) is 1. The summed E-state index contributed by atoms with van der Waals surface area (Å²) in [6.07, 6.45) is 0.184. The van der Waals surface area contributed by atoms with Crippen LogP contribution in [0, 0.1) is 0 Å². The van der Waals surface area contributed by atoms with Crippen molar-refractivity contribution in [2.75, 3.05) is 19.5 Å². The molecule has 0 unspecified atom stereocenters. The van der Waals surface area contributed by atoms with Crippen LogP contribution in [0.25, 0.3) is 0 Å². The van der Waals surface area contributed by atoms with Gasteiger partial charge in [0.1, 0.15) is 17.7 Å². The summed E-state index contributed by atoms with van der Waals surface area (Å²) >= 11 is 2.93. The second-order valence-corrected chi connectivity index (χ2v) is 7.71. The van der Waals surface area contributed by atoms with Crippen molar-refractivity contribution in [1.82, 2.24) is 10.2 Å². The highest BCUT2D eigenvalue weighted by Gasteiger charge is 2.67. The van der Waals surface area contributed by atoms with Crippen LogP contribution >= 0.6 is 23.1 Å². The molecule has 4 heterocycles. The Labute approximate surface area is 146 Å². The average Bonchev–Trinajstić information content (AvgIpc) is 3.21. The monoisotopic (exact) mass is 366 g/mol. The van der Waals surface area contributed by atoms with Gasteiger partial charge in [-0.3, -0.25) is 14.5 Å². The second kappa shape index (κ2) is 5.61. The molecular weight excluding hydrogens is 352 g/mol. The quantitative estimate of drug-likeness (QED) is 0.474. The van der Waals surface area contributed by atoms with Gasteiger partial charge in [0.25, 0.3) is 11.6 Å². The van der Waals surface area contributed by atoms with Crippen molar-refractivity contribution >= 4 is 40.9 Å². The maximum atomic E-state index is 12.7. The van der Waals surface area contributed by atoms with E-state index in [0.29, 0.717) is 11.4 Å². The first-order valence-electron chi connectivity index (χ1n) is 7.30. The second-order valence-electron chi connectivity index (χ2n) is 5.61. The molecule has 0 radical (unpaired) electrons. The molecule has 0 spiro atoms. The van der Waals surface area contributed by atoms with Gasteiger partial charge in [0.2, 0.25) is 5.91 Å². The predicted molar refractivity (Wildman–Crippen MR) is 87.0 cm³/mol. The van der Waals surface area contributed by atoms with Gasteiger partial charge in [-0.05, 0) is 11.4 Å². The van der Waals surface area contributed by atoms with Crippen molar-refractivity contribution < 1.29 is 23.9 Å². The number of thiophene rings is 1. The van der Waals surface area contributed by atoms with Gasteiger partial charge in [0.05, 0.1) is 6.42 Å². The lowest BCUT2D eigenvalue weighted by Crippen LogP contribution is -2.80. The highest BCUT2D eigenvalue weighted by atomic mass is 32.2. The fourth-order valence-corrected chi connectivity index (χ4v) is 5.21. The Hall–Kier alpha value is -1.84. The number of hydrogen-bond acceptors (Lipinski definition) is 7. The maximum Gasteiger partial charge on any atom is 0.355 e. The molecular formula is C15H14N2O5S2. The summed E-state index contributed by atoms with van der Waals surface area (Å²) in [6.45, 7) is 0.225. The summed E-state index contributed by atoms with van der Waals surface area (Å²) in [5, 5.41) is 4.14. The molecule has 3 aliphatic rings. The van der Waals surface area contributed by atoms with Gasteiger partial charge >= 0.3 is 5.97 Å². The molecule has 0 aromatic carbocycles. The fraction of sp³-hybridized carbons (Fsp3) is 0.400. The van der Waals surface area contributed by atoms with Crippen LogP contribution in [0.1, 0.15) is 4.88 Å². The van der Waals surface area contributed by atoms with E-state index in [-0.39, 0.29) is 18.9 Å². The van der Waals surface area contributed by atoms with Crippen molar-refractivity contribution in [3.8, 4) is 0 Å². The number of carbonyl (C=O) groups is 3. The van der Waals surface area contributed by atoms with Gasteiger partial charge in [0.15, 0.2) is 0 Å². The van der Waals surface area contributed by atoms with E-state index < -0.39 is 23.0 Å². The van der Waals surface area contributed by atoms with Crippen LogP contribution in [0.3, 0.4) is 0 Å². The van der Waals surface area contributed by atoms with Gasteiger partial charge in [-0.1, -0.05) is 6.07 Å². The summed E-state index contributed by atoms with van der Waals surface area (Å²) in [5.41, 5.74) is -0.311.